The molecule has 1 heterocycles. The maximum Gasteiger partial charge on any atom is 0.241 e. The van der Waals surface area contributed by atoms with Crippen LogP contribution in [0.5, 0.6) is 0 Å². The molecule has 1 saturated heterocycles. The summed E-state index contributed by atoms with van der Waals surface area (Å²) >= 11 is 0. The Morgan fingerprint density at radius 3 is 2.19 bits per heavy atom. The minimum atomic E-state index is 0.0500. The monoisotopic (exact) mass is 296 g/mol. The molecular weight excluding hydrogens is 260 g/mol. The van der Waals surface area contributed by atoms with Crippen LogP contribution < -0.4 is 5.32 Å². The van der Waals surface area contributed by atoms with Crippen molar-refractivity contribution in [2.24, 2.45) is 5.92 Å². The first kappa shape index (κ1) is 18.5. The summed E-state index contributed by atoms with van der Waals surface area (Å²) in [6.45, 7) is 9.66. The quantitative estimate of drug-likeness (QED) is 0.576. The maximum absolute atomic E-state index is 12.4. The van der Waals surface area contributed by atoms with Crippen molar-refractivity contribution < 1.29 is 4.79 Å². The summed E-state index contributed by atoms with van der Waals surface area (Å²) in [7, 11) is 0. The fourth-order valence-corrected chi connectivity index (χ4v) is 3.20. The molecule has 124 valence electrons. The third-order valence-electron chi connectivity index (χ3n) is 4.45. The zero-order valence-corrected chi connectivity index (χ0v) is 14.7. The minimum Gasteiger partial charge on any atom is -0.326 e. The molecule has 0 aromatic heterocycles. The normalized spacial score (nSPS) is 22.5. The lowest BCUT2D eigenvalue weighted by molar-refractivity contribution is -0.130. The van der Waals surface area contributed by atoms with Gasteiger partial charge in [-0.25, -0.2) is 0 Å². The SMILES string of the molecule is CCCCCCCCCCN1C(=O)C(CC(C)C)NC1C. The molecule has 0 spiro atoms. The first-order valence-corrected chi connectivity index (χ1v) is 9.12. The fraction of sp³-hybridized carbons (Fsp3) is 0.944. The Morgan fingerprint density at radius 2 is 1.62 bits per heavy atom. The van der Waals surface area contributed by atoms with Gasteiger partial charge in [0.2, 0.25) is 5.91 Å². The van der Waals surface area contributed by atoms with Gasteiger partial charge in [-0.1, -0.05) is 65.7 Å². The van der Waals surface area contributed by atoms with Crippen LogP contribution >= 0.6 is 0 Å². The van der Waals surface area contributed by atoms with Crippen LogP contribution in [-0.2, 0) is 4.79 Å². The van der Waals surface area contributed by atoms with E-state index in [2.05, 4.69) is 33.0 Å². The molecule has 1 fully saturated rings. The lowest BCUT2D eigenvalue weighted by Crippen LogP contribution is -2.35. The Balaban J connectivity index is 2.13. The Kier molecular flexibility index (Phi) is 8.98. The molecule has 1 aliphatic heterocycles. The van der Waals surface area contributed by atoms with Crippen LogP contribution in [0, 0.1) is 5.92 Å². The number of rotatable bonds is 11. The van der Waals surface area contributed by atoms with Gasteiger partial charge in [-0.3, -0.25) is 10.1 Å². The van der Waals surface area contributed by atoms with Crippen LogP contribution in [0.1, 0.15) is 85.5 Å². The number of unbranched alkanes of at least 4 members (excludes halogenated alkanes) is 7. The van der Waals surface area contributed by atoms with Crippen LogP contribution in [-0.4, -0.2) is 29.6 Å². The fourth-order valence-electron chi connectivity index (χ4n) is 3.20. The molecule has 1 rings (SSSR count). The summed E-state index contributed by atoms with van der Waals surface area (Å²) in [6, 6.07) is 0.0500. The Labute approximate surface area is 131 Å². The van der Waals surface area contributed by atoms with Gasteiger partial charge in [0, 0.05) is 6.54 Å². The van der Waals surface area contributed by atoms with E-state index in [1.165, 1.54) is 44.9 Å². The van der Waals surface area contributed by atoms with Gasteiger partial charge in [0.1, 0.15) is 0 Å². The van der Waals surface area contributed by atoms with Gasteiger partial charge in [0.05, 0.1) is 12.2 Å². The number of hydrogen-bond acceptors (Lipinski definition) is 2. The molecule has 0 radical (unpaired) electrons. The van der Waals surface area contributed by atoms with Gasteiger partial charge in [-0.15, -0.1) is 0 Å². The summed E-state index contributed by atoms with van der Waals surface area (Å²) in [5.41, 5.74) is 0. The van der Waals surface area contributed by atoms with Crippen molar-refractivity contribution in [3.63, 3.8) is 0 Å². The molecule has 0 aliphatic carbocycles. The lowest BCUT2D eigenvalue weighted by Gasteiger charge is -2.20. The molecule has 0 saturated carbocycles. The second-order valence-electron chi connectivity index (χ2n) is 7.03. The number of hydrogen-bond donors (Lipinski definition) is 1. The van der Waals surface area contributed by atoms with Crippen molar-refractivity contribution in [2.75, 3.05) is 6.54 Å². The summed E-state index contributed by atoms with van der Waals surface area (Å²) < 4.78 is 0. The number of carbonyl (C=O) groups excluding carboxylic acids is 1. The van der Waals surface area contributed by atoms with Crippen LogP contribution in [0.2, 0.25) is 0 Å². The van der Waals surface area contributed by atoms with Crippen molar-refractivity contribution in [2.45, 2.75) is 97.7 Å². The summed E-state index contributed by atoms with van der Waals surface area (Å²) in [5.74, 6) is 0.890. The topological polar surface area (TPSA) is 32.3 Å². The van der Waals surface area contributed by atoms with Crippen molar-refractivity contribution in [1.29, 1.82) is 0 Å². The zero-order chi connectivity index (χ0) is 15.7. The highest BCUT2D eigenvalue weighted by molar-refractivity contribution is 5.84. The van der Waals surface area contributed by atoms with E-state index in [9.17, 15) is 4.79 Å². The number of nitrogens with zero attached hydrogens (tertiary/aromatic N) is 1. The standard InChI is InChI=1S/C18H36N2O/c1-5-6-7-8-9-10-11-12-13-20-16(4)19-17(18(20)21)14-15(2)3/h15-17,19H,5-14H2,1-4H3. The van der Waals surface area contributed by atoms with Crippen LogP contribution in [0.15, 0.2) is 0 Å². The predicted octanol–water partition coefficient (Wildman–Crippen LogP) is 4.32. The van der Waals surface area contributed by atoms with Gasteiger partial charge in [-0.2, -0.15) is 0 Å². The van der Waals surface area contributed by atoms with Crippen LogP contribution in [0.25, 0.3) is 0 Å². The number of nitrogens with one attached hydrogen (secondary N) is 1. The molecule has 2 unspecified atom stereocenters. The highest BCUT2D eigenvalue weighted by Crippen LogP contribution is 2.18. The van der Waals surface area contributed by atoms with E-state index in [-0.39, 0.29) is 12.2 Å². The summed E-state index contributed by atoms with van der Waals surface area (Å²) in [6.07, 6.45) is 11.7. The van der Waals surface area contributed by atoms with Crippen molar-refractivity contribution >= 4 is 5.91 Å². The van der Waals surface area contributed by atoms with Crippen LogP contribution in [0.3, 0.4) is 0 Å². The number of carbonyl (C=O) groups is 1. The van der Waals surface area contributed by atoms with E-state index >= 15 is 0 Å². The van der Waals surface area contributed by atoms with E-state index in [1.807, 2.05) is 4.90 Å². The third-order valence-corrected chi connectivity index (χ3v) is 4.45. The lowest BCUT2D eigenvalue weighted by atomic mass is 10.0. The Morgan fingerprint density at radius 1 is 1.05 bits per heavy atom. The first-order valence-electron chi connectivity index (χ1n) is 9.12. The zero-order valence-electron chi connectivity index (χ0n) is 14.7. The Bertz CT molecular complexity index is 291. The smallest absolute Gasteiger partial charge is 0.241 e. The summed E-state index contributed by atoms with van der Waals surface area (Å²) in [5, 5.41) is 3.44. The average Bonchev–Trinajstić information content (AvgIpc) is 2.68. The molecule has 3 heteroatoms. The van der Waals surface area contributed by atoms with E-state index in [0.29, 0.717) is 11.8 Å². The molecule has 0 aromatic carbocycles. The van der Waals surface area contributed by atoms with Gasteiger partial charge in [-0.05, 0) is 25.7 Å². The largest absolute Gasteiger partial charge is 0.326 e. The molecule has 3 nitrogen and oxygen atoms in total. The van der Waals surface area contributed by atoms with E-state index in [4.69, 9.17) is 0 Å². The number of amides is 1. The molecule has 1 N–H and O–H groups in total. The molecule has 1 amide bonds. The van der Waals surface area contributed by atoms with E-state index in [0.717, 1.165) is 19.4 Å². The average molecular weight is 296 g/mol. The van der Waals surface area contributed by atoms with Crippen molar-refractivity contribution in [3.8, 4) is 0 Å². The van der Waals surface area contributed by atoms with Crippen LogP contribution in [0.4, 0.5) is 0 Å². The third kappa shape index (κ3) is 6.82. The summed E-state index contributed by atoms with van der Waals surface area (Å²) in [4.78, 5) is 14.4. The molecule has 2 atom stereocenters. The highest BCUT2D eigenvalue weighted by Gasteiger charge is 2.35. The van der Waals surface area contributed by atoms with Gasteiger partial charge in [0.25, 0.3) is 0 Å². The van der Waals surface area contributed by atoms with E-state index < -0.39 is 0 Å². The Hall–Kier alpha value is -0.570. The molecular formula is C18H36N2O. The predicted molar refractivity (Wildman–Crippen MR) is 90.2 cm³/mol. The van der Waals surface area contributed by atoms with E-state index in [1.54, 1.807) is 0 Å². The molecule has 0 aromatic rings. The molecule has 1 aliphatic rings. The molecule has 21 heavy (non-hydrogen) atoms. The molecule has 0 bridgehead atoms. The first-order chi connectivity index (χ1) is 10.1. The maximum atomic E-state index is 12.4. The van der Waals surface area contributed by atoms with Gasteiger partial charge >= 0.3 is 0 Å². The highest BCUT2D eigenvalue weighted by atomic mass is 16.2. The van der Waals surface area contributed by atoms with Gasteiger partial charge in [0.15, 0.2) is 0 Å². The minimum absolute atomic E-state index is 0.0500. The second-order valence-corrected chi connectivity index (χ2v) is 7.03. The van der Waals surface area contributed by atoms with Gasteiger partial charge < -0.3 is 4.90 Å². The second kappa shape index (κ2) is 10.2. The van der Waals surface area contributed by atoms with Crippen molar-refractivity contribution in [3.05, 3.63) is 0 Å². The van der Waals surface area contributed by atoms with Crippen molar-refractivity contribution in [1.82, 2.24) is 10.2 Å².